The van der Waals surface area contributed by atoms with Crippen LogP contribution in [-0.2, 0) is 4.74 Å². The summed E-state index contributed by atoms with van der Waals surface area (Å²) < 4.78 is 5.66. The second-order valence-corrected chi connectivity index (χ2v) is 4.00. The summed E-state index contributed by atoms with van der Waals surface area (Å²) in [5, 5.41) is 8.18. The Bertz CT molecular complexity index is 326. The van der Waals surface area contributed by atoms with Crippen molar-refractivity contribution in [2.75, 3.05) is 13.2 Å². The monoisotopic (exact) mass is 209 g/mol. The van der Waals surface area contributed by atoms with Crippen molar-refractivity contribution in [2.24, 2.45) is 10.8 Å². The first-order chi connectivity index (χ1) is 7.36. The molecule has 0 amide bonds. The van der Waals surface area contributed by atoms with Gasteiger partial charge in [-0.25, -0.2) is 5.84 Å². The van der Waals surface area contributed by atoms with Gasteiger partial charge in [0.15, 0.2) is 6.23 Å². The first-order valence-corrected chi connectivity index (χ1v) is 5.26. The number of hydrogen-bond acceptors (Lipinski definition) is 6. The van der Waals surface area contributed by atoms with E-state index in [1.165, 1.54) is 0 Å². The fraction of sp³-hybridized carbons (Fsp3) is 0.667. The maximum Gasteiger partial charge on any atom is 0.165 e. The Morgan fingerprint density at radius 1 is 1.60 bits per heavy atom. The minimum Gasteiger partial charge on any atom is -0.377 e. The molecular formula is C9H15N5O. The molecular weight excluding hydrogens is 194 g/mol. The molecule has 6 nitrogen and oxygen atoms in total. The van der Waals surface area contributed by atoms with Crippen molar-refractivity contribution in [3.63, 3.8) is 0 Å². The van der Waals surface area contributed by atoms with Crippen molar-refractivity contribution in [1.29, 1.82) is 0 Å². The van der Waals surface area contributed by atoms with Crippen molar-refractivity contribution in [1.82, 2.24) is 15.6 Å². The smallest absolute Gasteiger partial charge is 0.165 e. The molecule has 3 aliphatic heterocycles. The lowest BCUT2D eigenvalue weighted by Crippen LogP contribution is -2.62. The van der Waals surface area contributed by atoms with Gasteiger partial charge in [-0.1, -0.05) is 0 Å². The third kappa shape index (κ3) is 1.37. The first-order valence-electron chi connectivity index (χ1n) is 5.26. The molecule has 0 spiro atoms. The van der Waals surface area contributed by atoms with E-state index in [0.29, 0.717) is 6.54 Å². The van der Waals surface area contributed by atoms with Crippen LogP contribution in [0.4, 0.5) is 0 Å². The zero-order valence-corrected chi connectivity index (χ0v) is 8.44. The van der Waals surface area contributed by atoms with E-state index in [1.54, 1.807) is 11.3 Å². The quantitative estimate of drug-likeness (QED) is 0.449. The number of ether oxygens (including phenoxy) is 1. The summed E-state index contributed by atoms with van der Waals surface area (Å²) >= 11 is 0. The highest BCUT2D eigenvalue weighted by Crippen LogP contribution is 2.24. The van der Waals surface area contributed by atoms with Crippen molar-refractivity contribution in [3.8, 4) is 0 Å². The Morgan fingerprint density at radius 3 is 3.47 bits per heavy atom. The highest BCUT2D eigenvalue weighted by atomic mass is 16.5. The summed E-state index contributed by atoms with van der Waals surface area (Å²) in [7, 11) is 0. The Hall–Kier alpha value is -1.27. The molecule has 4 N–H and O–H groups in total. The predicted molar refractivity (Wildman–Crippen MR) is 55.4 cm³/mol. The van der Waals surface area contributed by atoms with Gasteiger partial charge in [0.05, 0.1) is 24.6 Å². The minimum absolute atomic E-state index is 0.0588. The van der Waals surface area contributed by atoms with E-state index in [9.17, 15) is 0 Å². The maximum atomic E-state index is 6.03. The van der Waals surface area contributed by atoms with Crippen molar-refractivity contribution in [2.45, 2.75) is 25.1 Å². The number of nitrogens with two attached hydrogens (primary N) is 1. The summed E-state index contributed by atoms with van der Waals surface area (Å²) in [5.74, 6) is 6.91. The van der Waals surface area contributed by atoms with Gasteiger partial charge in [-0.15, -0.1) is 0 Å². The number of nitrogens with zero attached hydrogens (tertiary/aromatic N) is 2. The van der Waals surface area contributed by atoms with Crippen molar-refractivity contribution >= 4 is 6.34 Å². The molecule has 1 saturated heterocycles. The van der Waals surface area contributed by atoms with Gasteiger partial charge in [0.1, 0.15) is 5.82 Å². The zero-order chi connectivity index (χ0) is 10.3. The number of nitrogens with one attached hydrogen (secondary N) is 2. The molecule has 2 atom stereocenters. The molecule has 82 valence electrons. The van der Waals surface area contributed by atoms with E-state index < -0.39 is 0 Å². The molecule has 3 aliphatic rings. The van der Waals surface area contributed by atoms with Gasteiger partial charge >= 0.3 is 0 Å². The average Bonchev–Trinajstić information content (AvgIpc) is 2.30. The molecule has 3 rings (SSSR count). The van der Waals surface area contributed by atoms with Gasteiger partial charge < -0.3 is 15.4 Å². The number of aliphatic imine (C=N–C) groups is 1. The van der Waals surface area contributed by atoms with Crippen LogP contribution in [0.3, 0.4) is 0 Å². The Kier molecular flexibility index (Phi) is 2.03. The molecule has 2 unspecified atom stereocenters. The fourth-order valence-corrected chi connectivity index (χ4v) is 2.28. The van der Waals surface area contributed by atoms with Gasteiger partial charge in [0.25, 0.3) is 0 Å². The molecule has 0 aromatic rings. The van der Waals surface area contributed by atoms with Crippen LogP contribution in [-0.4, -0.2) is 36.8 Å². The van der Waals surface area contributed by atoms with Gasteiger partial charge in [-0.3, -0.25) is 10.0 Å². The number of hydrazine groups is 1. The average molecular weight is 209 g/mol. The van der Waals surface area contributed by atoms with Crippen LogP contribution in [0.5, 0.6) is 0 Å². The summed E-state index contributed by atoms with van der Waals surface area (Å²) in [6, 6.07) is 0.289. The third-order valence-electron chi connectivity index (χ3n) is 3.01. The second-order valence-electron chi connectivity index (χ2n) is 4.00. The van der Waals surface area contributed by atoms with Gasteiger partial charge in [0.2, 0.25) is 0 Å². The summed E-state index contributed by atoms with van der Waals surface area (Å²) in [5.41, 5.74) is 1.06. The second kappa shape index (κ2) is 3.39. The highest BCUT2D eigenvalue weighted by molar-refractivity contribution is 5.60. The lowest BCUT2D eigenvalue weighted by Gasteiger charge is -2.45. The molecule has 15 heavy (non-hydrogen) atoms. The molecule has 0 aromatic heterocycles. The number of hydrogen-bond donors (Lipinski definition) is 3. The molecule has 0 radical (unpaired) electrons. The molecule has 3 heterocycles. The number of rotatable bonds is 0. The fourth-order valence-electron chi connectivity index (χ4n) is 2.28. The lowest BCUT2D eigenvalue weighted by atomic mass is 10.0. The SMILES string of the molecule is NN1C2=C(CN=CN2)NC2CCCOC21. The minimum atomic E-state index is -0.0588. The Morgan fingerprint density at radius 2 is 2.53 bits per heavy atom. The van der Waals surface area contributed by atoms with Gasteiger partial charge in [0, 0.05) is 6.61 Å². The van der Waals surface area contributed by atoms with Crippen LogP contribution in [0.2, 0.25) is 0 Å². The number of fused-ring (bicyclic) bond motifs is 1. The standard InChI is InChI=1S/C9H15N5O/c10-14-8-7(4-11-5-12-8)13-6-2-1-3-15-9(6)14/h5-6,9,13H,1-4,10H2,(H,11,12). The van der Waals surface area contributed by atoms with E-state index in [2.05, 4.69) is 15.6 Å². The highest BCUT2D eigenvalue weighted by Gasteiger charge is 2.37. The van der Waals surface area contributed by atoms with E-state index >= 15 is 0 Å². The maximum absolute atomic E-state index is 6.03. The first kappa shape index (κ1) is 8.99. The van der Waals surface area contributed by atoms with Crippen LogP contribution >= 0.6 is 0 Å². The van der Waals surface area contributed by atoms with Crippen molar-refractivity contribution in [3.05, 3.63) is 11.5 Å². The largest absolute Gasteiger partial charge is 0.377 e. The molecule has 1 fully saturated rings. The summed E-state index contributed by atoms with van der Waals surface area (Å²) in [4.78, 5) is 4.15. The van der Waals surface area contributed by atoms with Crippen LogP contribution in [0, 0.1) is 0 Å². The van der Waals surface area contributed by atoms with Crippen LogP contribution < -0.4 is 16.5 Å². The predicted octanol–water partition coefficient (Wildman–Crippen LogP) is -0.929. The third-order valence-corrected chi connectivity index (χ3v) is 3.01. The van der Waals surface area contributed by atoms with E-state index in [1.807, 2.05) is 0 Å². The summed E-state index contributed by atoms with van der Waals surface area (Å²) in [6.45, 7) is 1.45. The topological polar surface area (TPSA) is 74.9 Å². The van der Waals surface area contributed by atoms with Gasteiger partial charge in [-0.2, -0.15) is 0 Å². The van der Waals surface area contributed by atoms with Crippen LogP contribution in [0.25, 0.3) is 0 Å². The van der Waals surface area contributed by atoms with Crippen LogP contribution in [0.15, 0.2) is 16.5 Å². The van der Waals surface area contributed by atoms with E-state index in [4.69, 9.17) is 10.6 Å². The van der Waals surface area contributed by atoms with Gasteiger partial charge in [-0.05, 0) is 12.8 Å². The Balaban J connectivity index is 1.88. The zero-order valence-electron chi connectivity index (χ0n) is 8.44. The van der Waals surface area contributed by atoms with E-state index in [-0.39, 0.29) is 12.3 Å². The molecule has 0 aromatic carbocycles. The molecule has 0 aliphatic carbocycles. The lowest BCUT2D eigenvalue weighted by molar-refractivity contribution is -0.101. The Labute approximate surface area is 88.1 Å². The molecule has 6 heteroatoms. The molecule has 0 saturated carbocycles. The molecule has 0 bridgehead atoms. The van der Waals surface area contributed by atoms with Crippen LogP contribution in [0.1, 0.15) is 12.8 Å². The summed E-state index contributed by atoms with van der Waals surface area (Å²) in [6.07, 6.45) is 3.79. The normalized spacial score (nSPS) is 34.1. The van der Waals surface area contributed by atoms with E-state index in [0.717, 1.165) is 31.0 Å². The van der Waals surface area contributed by atoms with Crippen molar-refractivity contribution < 1.29 is 4.74 Å².